The summed E-state index contributed by atoms with van der Waals surface area (Å²) >= 11 is 0. The Morgan fingerprint density at radius 3 is 2.82 bits per heavy atom. The summed E-state index contributed by atoms with van der Waals surface area (Å²) in [6.07, 6.45) is 3.19. The summed E-state index contributed by atoms with van der Waals surface area (Å²) in [7, 11) is 0. The van der Waals surface area contributed by atoms with Crippen molar-refractivity contribution in [3.63, 3.8) is 0 Å². The van der Waals surface area contributed by atoms with Crippen LogP contribution in [0.2, 0.25) is 0 Å². The average Bonchev–Trinajstić information content (AvgIpc) is 2.40. The lowest BCUT2D eigenvalue weighted by molar-refractivity contribution is -0.112. The van der Waals surface area contributed by atoms with Crippen LogP contribution in [-0.4, -0.2) is 24.3 Å². The van der Waals surface area contributed by atoms with Gasteiger partial charge in [-0.3, -0.25) is 4.90 Å². The van der Waals surface area contributed by atoms with Crippen molar-refractivity contribution in [3.05, 3.63) is 35.4 Å². The summed E-state index contributed by atoms with van der Waals surface area (Å²) in [6.45, 7) is 2.80. The summed E-state index contributed by atoms with van der Waals surface area (Å²) in [4.78, 5) is 13.1. The number of carbonyl (C=O) groups is 1. The van der Waals surface area contributed by atoms with Gasteiger partial charge in [0, 0.05) is 19.0 Å². The predicted molar refractivity (Wildman–Crippen MR) is 65.2 cm³/mol. The Balaban J connectivity index is 1.95. The van der Waals surface area contributed by atoms with E-state index in [9.17, 15) is 4.79 Å². The molecule has 0 N–H and O–H groups in total. The third-order valence-corrected chi connectivity index (χ3v) is 3.22. The summed E-state index contributed by atoms with van der Waals surface area (Å²) < 4.78 is 0. The molecule has 2 rings (SSSR count). The number of rotatable bonds is 3. The van der Waals surface area contributed by atoms with Gasteiger partial charge >= 0.3 is 0 Å². The second kappa shape index (κ2) is 5.60. The maximum Gasteiger partial charge on any atom is 0.124 e. The van der Waals surface area contributed by atoms with Crippen molar-refractivity contribution in [2.45, 2.75) is 19.4 Å². The van der Waals surface area contributed by atoms with Gasteiger partial charge < -0.3 is 4.79 Å². The molecular weight excluding hydrogens is 212 g/mol. The minimum Gasteiger partial charge on any atom is -0.303 e. The van der Waals surface area contributed by atoms with E-state index in [1.807, 2.05) is 24.3 Å². The van der Waals surface area contributed by atoms with E-state index in [1.54, 1.807) is 0 Å². The first-order valence-electron chi connectivity index (χ1n) is 5.98. The van der Waals surface area contributed by atoms with Crippen LogP contribution < -0.4 is 0 Å². The zero-order chi connectivity index (χ0) is 12.1. The van der Waals surface area contributed by atoms with E-state index in [4.69, 9.17) is 5.26 Å². The number of likely N-dealkylation sites (tertiary alicyclic amines) is 1. The highest BCUT2D eigenvalue weighted by Crippen LogP contribution is 2.17. The molecule has 1 unspecified atom stereocenters. The number of piperidine rings is 1. The summed E-state index contributed by atoms with van der Waals surface area (Å²) in [6, 6.07) is 9.78. The van der Waals surface area contributed by atoms with Gasteiger partial charge in [-0.25, -0.2) is 0 Å². The Labute approximate surface area is 102 Å². The second-order valence-corrected chi connectivity index (χ2v) is 4.58. The van der Waals surface area contributed by atoms with Crippen LogP contribution in [0.3, 0.4) is 0 Å². The molecule has 1 aliphatic rings. The lowest BCUT2D eigenvalue weighted by Crippen LogP contribution is -2.35. The average molecular weight is 228 g/mol. The highest BCUT2D eigenvalue weighted by atomic mass is 16.1. The number of nitriles is 1. The second-order valence-electron chi connectivity index (χ2n) is 4.58. The lowest BCUT2D eigenvalue weighted by Gasteiger charge is -2.30. The topological polar surface area (TPSA) is 44.1 Å². The van der Waals surface area contributed by atoms with Crippen LogP contribution in [-0.2, 0) is 11.3 Å². The van der Waals surface area contributed by atoms with Gasteiger partial charge in [0.15, 0.2) is 0 Å². The molecule has 3 nitrogen and oxygen atoms in total. The van der Waals surface area contributed by atoms with Gasteiger partial charge in [0.2, 0.25) is 0 Å². The molecule has 0 radical (unpaired) electrons. The van der Waals surface area contributed by atoms with E-state index >= 15 is 0 Å². The number of benzene rings is 1. The Kier molecular flexibility index (Phi) is 3.89. The molecule has 1 aromatic carbocycles. The predicted octanol–water partition coefficient (Wildman–Crippen LogP) is 1.97. The van der Waals surface area contributed by atoms with Crippen LogP contribution in [0.1, 0.15) is 24.0 Å². The van der Waals surface area contributed by atoms with Crippen molar-refractivity contribution in [3.8, 4) is 6.07 Å². The minimum atomic E-state index is 0.196. The summed E-state index contributed by atoms with van der Waals surface area (Å²) in [5.74, 6) is 0.196. The Hall–Kier alpha value is -1.66. The fourth-order valence-corrected chi connectivity index (χ4v) is 2.29. The van der Waals surface area contributed by atoms with Gasteiger partial charge in [0.1, 0.15) is 6.29 Å². The fourth-order valence-electron chi connectivity index (χ4n) is 2.29. The minimum absolute atomic E-state index is 0.196. The standard InChI is InChI=1S/C14H16N2O/c15-8-12-3-5-13(6-4-12)9-16-7-1-2-14(10-16)11-17/h3-6,11,14H,1-2,7,9-10H2. The molecule has 0 amide bonds. The van der Waals surface area contributed by atoms with Gasteiger partial charge in [-0.1, -0.05) is 12.1 Å². The first-order valence-corrected chi connectivity index (χ1v) is 5.98. The molecule has 1 saturated heterocycles. The number of hydrogen-bond donors (Lipinski definition) is 0. The van der Waals surface area contributed by atoms with Crippen molar-refractivity contribution in [1.82, 2.24) is 4.90 Å². The Bertz CT molecular complexity index is 419. The normalized spacial score (nSPS) is 20.8. The van der Waals surface area contributed by atoms with Crippen LogP contribution in [0.15, 0.2) is 24.3 Å². The SMILES string of the molecule is N#Cc1ccc(CN2CCCC(C=O)C2)cc1. The monoisotopic (exact) mass is 228 g/mol. The largest absolute Gasteiger partial charge is 0.303 e. The summed E-state index contributed by atoms with van der Waals surface area (Å²) in [5, 5.41) is 8.72. The molecule has 17 heavy (non-hydrogen) atoms. The van der Waals surface area contributed by atoms with Crippen LogP contribution in [0.5, 0.6) is 0 Å². The van der Waals surface area contributed by atoms with Gasteiger partial charge in [-0.15, -0.1) is 0 Å². The van der Waals surface area contributed by atoms with Crippen molar-refractivity contribution >= 4 is 6.29 Å². The van der Waals surface area contributed by atoms with Gasteiger partial charge in [0.05, 0.1) is 11.6 Å². The Morgan fingerprint density at radius 1 is 1.41 bits per heavy atom. The van der Waals surface area contributed by atoms with Crippen molar-refractivity contribution in [2.24, 2.45) is 5.92 Å². The van der Waals surface area contributed by atoms with Crippen LogP contribution in [0.25, 0.3) is 0 Å². The van der Waals surface area contributed by atoms with Crippen LogP contribution in [0.4, 0.5) is 0 Å². The molecule has 0 spiro atoms. The maximum atomic E-state index is 10.8. The Morgan fingerprint density at radius 2 is 2.18 bits per heavy atom. The molecule has 1 heterocycles. The van der Waals surface area contributed by atoms with E-state index in [2.05, 4.69) is 11.0 Å². The first kappa shape index (κ1) is 11.8. The fraction of sp³-hybridized carbons (Fsp3) is 0.429. The molecule has 0 aromatic heterocycles. The molecule has 1 aliphatic heterocycles. The zero-order valence-electron chi connectivity index (χ0n) is 9.80. The molecular formula is C14H16N2O. The molecule has 1 fully saturated rings. The van der Waals surface area contributed by atoms with E-state index in [0.29, 0.717) is 5.56 Å². The number of aldehydes is 1. The van der Waals surface area contributed by atoms with E-state index in [0.717, 1.165) is 38.8 Å². The van der Waals surface area contributed by atoms with Gasteiger partial charge in [0.25, 0.3) is 0 Å². The van der Waals surface area contributed by atoms with E-state index < -0.39 is 0 Å². The molecule has 1 atom stereocenters. The smallest absolute Gasteiger partial charge is 0.124 e. The summed E-state index contributed by atoms with van der Waals surface area (Å²) in [5.41, 5.74) is 1.90. The zero-order valence-corrected chi connectivity index (χ0v) is 9.80. The van der Waals surface area contributed by atoms with Crippen molar-refractivity contribution in [2.75, 3.05) is 13.1 Å². The molecule has 0 bridgehead atoms. The highest BCUT2D eigenvalue weighted by Gasteiger charge is 2.18. The molecule has 88 valence electrons. The third-order valence-electron chi connectivity index (χ3n) is 3.22. The number of carbonyl (C=O) groups excluding carboxylic acids is 1. The van der Waals surface area contributed by atoms with Crippen LogP contribution in [0, 0.1) is 17.2 Å². The quantitative estimate of drug-likeness (QED) is 0.743. The molecule has 3 heteroatoms. The van der Waals surface area contributed by atoms with Crippen LogP contribution >= 0.6 is 0 Å². The van der Waals surface area contributed by atoms with Crippen molar-refractivity contribution < 1.29 is 4.79 Å². The van der Waals surface area contributed by atoms with Crippen molar-refractivity contribution in [1.29, 1.82) is 5.26 Å². The van der Waals surface area contributed by atoms with E-state index in [-0.39, 0.29) is 5.92 Å². The first-order chi connectivity index (χ1) is 8.31. The lowest BCUT2D eigenvalue weighted by atomic mass is 9.99. The third kappa shape index (κ3) is 3.15. The number of hydrogen-bond acceptors (Lipinski definition) is 3. The van der Waals surface area contributed by atoms with Gasteiger partial charge in [-0.2, -0.15) is 5.26 Å². The maximum absolute atomic E-state index is 10.8. The molecule has 0 saturated carbocycles. The molecule has 0 aliphatic carbocycles. The van der Waals surface area contributed by atoms with E-state index in [1.165, 1.54) is 5.56 Å². The highest BCUT2D eigenvalue weighted by molar-refractivity contribution is 5.53. The molecule has 1 aromatic rings. The number of nitrogens with zero attached hydrogens (tertiary/aromatic N) is 2. The van der Waals surface area contributed by atoms with Gasteiger partial charge in [-0.05, 0) is 37.1 Å².